The van der Waals surface area contributed by atoms with E-state index < -0.39 is 0 Å². The summed E-state index contributed by atoms with van der Waals surface area (Å²) in [6.07, 6.45) is 3.83. The van der Waals surface area contributed by atoms with Crippen LogP contribution in [0.5, 0.6) is 0 Å². The van der Waals surface area contributed by atoms with Gasteiger partial charge < -0.3 is 0 Å². The summed E-state index contributed by atoms with van der Waals surface area (Å²) in [5.74, 6) is 1.42. The first-order chi connectivity index (χ1) is 8.65. The van der Waals surface area contributed by atoms with Crippen molar-refractivity contribution >= 4 is 29.1 Å². The van der Waals surface area contributed by atoms with E-state index in [1.807, 2.05) is 12.1 Å². The van der Waals surface area contributed by atoms with Gasteiger partial charge in [-0.2, -0.15) is 0 Å². The molecule has 0 saturated heterocycles. The van der Waals surface area contributed by atoms with Gasteiger partial charge in [-0.05, 0) is 43.2 Å². The number of hydrogen-bond acceptors (Lipinski definition) is 3. The quantitative estimate of drug-likeness (QED) is 0.477. The molecule has 18 heavy (non-hydrogen) atoms. The average Bonchev–Trinajstić information content (AvgIpc) is 2.94. The van der Waals surface area contributed by atoms with E-state index in [1.54, 1.807) is 23.9 Å². The van der Waals surface area contributed by atoms with Crippen LogP contribution in [0.1, 0.15) is 19.3 Å². The topological polar surface area (TPSA) is 43.1 Å². The minimum atomic E-state index is -0.365. The standard InChI is InChI=1S/C13H14ClNO2S/c14-12-8-1-2-9(7-8)13(12)18-11-5-3-10(4-6-11)15(16)17/h3-6,8-9,12-13H,1-2,7H2/t8-,9-,12+,13+/m1/s1. The highest BCUT2D eigenvalue weighted by Crippen LogP contribution is 2.53. The van der Waals surface area contributed by atoms with Gasteiger partial charge in [-0.1, -0.05) is 0 Å². The van der Waals surface area contributed by atoms with Crippen molar-refractivity contribution < 1.29 is 4.92 Å². The van der Waals surface area contributed by atoms with E-state index in [9.17, 15) is 10.1 Å². The highest BCUT2D eigenvalue weighted by atomic mass is 35.5. The summed E-state index contributed by atoms with van der Waals surface area (Å²) >= 11 is 8.27. The largest absolute Gasteiger partial charge is 0.269 e. The molecule has 3 rings (SSSR count). The first kappa shape index (κ1) is 12.3. The fourth-order valence-electron chi connectivity index (χ4n) is 3.13. The van der Waals surface area contributed by atoms with Gasteiger partial charge in [0.05, 0.1) is 4.92 Å². The molecule has 2 aliphatic rings. The molecule has 0 aromatic heterocycles. The van der Waals surface area contributed by atoms with Gasteiger partial charge in [0.1, 0.15) is 0 Å². The lowest BCUT2D eigenvalue weighted by atomic mass is 10.00. The molecule has 0 N–H and O–H groups in total. The summed E-state index contributed by atoms with van der Waals surface area (Å²) in [4.78, 5) is 11.3. The molecular weight excluding hydrogens is 270 g/mol. The summed E-state index contributed by atoms with van der Waals surface area (Å²) in [6.45, 7) is 0. The Morgan fingerprint density at radius 1 is 1.22 bits per heavy atom. The van der Waals surface area contributed by atoms with Gasteiger partial charge in [0.2, 0.25) is 0 Å². The van der Waals surface area contributed by atoms with Crippen LogP contribution in [0.15, 0.2) is 29.2 Å². The van der Waals surface area contributed by atoms with Crippen LogP contribution in [0.4, 0.5) is 5.69 Å². The summed E-state index contributed by atoms with van der Waals surface area (Å²) in [5.41, 5.74) is 0.148. The maximum atomic E-state index is 10.6. The molecule has 96 valence electrons. The lowest BCUT2D eigenvalue weighted by Crippen LogP contribution is -2.24. The van der Waals surface area contributed by atoms with Crippen LogP contribution in [0.25, 0.3) is 0 Å². The summed E-state index contributed by atoms with van der Waals surface area (Å²) in [7, 11) is 0. The minimum Gasteiger partial charge on any atom is -0.258 e. The van der Waals surface area contributed by atoms with Gasteiger partial charge in [-0.3, -0.25) is 10.1 Å². The number of benzene rings is 1. The Hall–Kier alpha value is -0.740. The van der Waals surface area contributed by atoms with Crippen molar-refractivity contribution in [2.45, 2.75) is 34.8 Å². The second-order valence-electron chi connectivity index (χ2n) is 5.11. The molecule has 3 nitrogen and oxygen atoms in total. The molecule has 0 heterocycles. The highest BCUT2D eigenvalue weighted by molar-refractivity contribution is 8.00. The molecule has 5 heteroatoms. The van der Waals surface area contributed by atoms with Crippen molar-refractivity contribution in [3.8, 4) is 0 Å². The molecular formula is C13H14ClNO2S. The molecule has 2 bridgehead atoms. The van der Waals surface area contributed by atoms with Crippen molar-refractivity contribution in [2.75, 3.05) is 0 Å². The molecule has 2 fully saturated rings. The van der Waals surface area contributed by atoms with Gasteiger partial charge >= 0.3 is 0 Å². The monoisotopic (exact) mass is 283 g/mol. The Balaban J connectivity index is 1.71. The van der Waals surface area contributed by atoms with Crippen LogP contribution >= 0.6 is 23.4 Å². The molecule has 1 aromatic rings. The van der Waals surface area contributed by atoms with Crippen molar-refractivity contribution in [3.05, 3.63) is 34.4 Å². The second kappa shape index (κ2) is 4.74. The molecule has 0 unspecified atom stereocenters. The van der Waals surface area contributed by atoms with Crippen LogP contribution in [-0.4, -0.2) is 15.6 Å². The van der Waals surface area contributed by atoms with Crippen LogP contribution in [0, 0.1) is 22.0 Å². The smallest absolute Gasteiger partial charge is 0.258 e. The first-order valence-electron chi connectivity index (χ1n) is 6.20. The van der Waals surface area contributed by atoms with Gasteiger partial charge in [0, 0.05) is 27.7 Å². The Morgan fingerprint density at radius 3 is 2.44 bits per heavy atom. The second-order valence-corrected chi connectivity index (χ2v) is 6.87. The number of nitro groups is 1. The molecule has 1 aromatic carbocycles. The third-order valence-corrected chi connectivity index (χ3v) is 6.33. The molecule has 0 spiro atoms. The average molecular weight is 284 g/mol. The fraction of sp³-hybridized carbons (Fsp3) is 0.538. The number of fused-ring (bicyclic) bond motifs is 2. The molecule has 0 radical (unpaired) electrons. The lowest BCUT2D eigenvalue weighted by molar-refractivity contribution is -0.384. The van der Waals surface area contributed by atoms with E-state index in [0.29, 0.717) is 11.2 Å². The molecule has 2 saturated carbocycles. The van der Waals surface area contributed by atoms with E-state index in [2.05, 4.69) is 0 Å². The fourth-order valence-corrected chi connectivity index (χ4v) is 5.12. The Kier molecular flexibility index (Phi) is 3.24. The van der Waals surface area contributed by atoms with Crippen LogP contribution in [0.2, 0.25) is 0 Å². The maximum absolute atomic E-state index is 10.6. The number of alkyl halides is 1. The van der Waals surface area contributed by atoms with E-state index >= 15 is 0 Å². The van der Waals surface area contributed by atoms with E-state index in [1.165, 1.54) is 19.3 Å². The SMILES string of the molecule is O=[N+]([O-])c1ccc(S[C@H]2[C@@H]3CC[C@H](C3)[C@@H]2Cl)cc1. The number of rotatable bonds is 3. The predicted octanol–water partition coefficient (Wildman–Crippen LogP) is 4.09. The van der Waals surface area contributed by atoms with Crippen molar-refractivity contribution in [2.24, 2.45) is 11.8 Å². The number of hydrogen-bond donors (Lipinski definition) is 0. The molecule has 2 aliphatic carbocycles. The number of nitrogens with zero attached hydrogens (tertiary/aromatic N) is 1. The summed E-state index contributed by atoms with van der Waals surface area (Å²) < 4.78 is 0. The van der Waals surface area contributed by atoms with E-state index in [4.69, 9.17) is 11.6 Å². The van der Waals surface area contributed by atoms with Crippen molar-refractivity contribution in [1.29, 1.82) is 0 Å². The number of nitro benzene ring substituents is 1. The lowest BCUT2D eigenvalue weighted by Gasteiger charge is -2.25. The van der Waals surface area contributed by atoms with Gasteiger partial charge in [0.25, 0.3) is 5.69 Å². The predicted molar refractivity (Wildman–Crippen MR) is 73.2 cm³/mol. The maximum Gasteiger partial charge on any atom is 0.269 e. The third-order valence-electron chi connectivity index (χ3n) is 4.06. The Morgan fingerprint density at radius 2 is 1.89 bits per heavy atom. The minimum absolute atomic E-state index is 0.148. The van der Waals surface area contributed by atoms with Gasteiger partial charge in [-0.15, -0.1) is 23.4 Å². The zero-order chi connectivity index (χ0) is 12.7. The third kappa shape index (κ3) is 2.12. The van der Waals surface area contributed by atoms with Crippen LogP contribution in [-0.2, 0) is 0 Å². The Bertz CT molecular complexity index is 463. The summed E-state index contributed by atoms with van der Waals surface area (Å²) in [6, 6.07) is 6.80. The number of halogens is 1. The van der Waals surface area contributed by atoms with Gasteiger partial charge in [0.15, 0.2) is 0 Å². The summed E-state index contributed by atoms with van der Waals surface area (Å²) in [5, 5.41) is 11.3. The van der Waals surface area contributed by atoms with E-state index in [-0.39, 0.29) is 16.0 Å². The molecule has 4 atom stereocenters. The molecule has 0 aliphatic heterocycles. The van der Waals surface area contributed by atoms with Crippen LogP contribution < -0.4 is 0 Å². The molecule has 0 amide bonds. The zero-order valence-electron chi connectivity index (χ0n) is 9.79. The van der Waals surface area contributed by atoms with E-state index in [0.717, 1.165) is 10.8 Å². The zero-order valence-corrected chi connectivity index (χ0v) is 11.4. The Labute approximate surface area is 115 Å². The van der Waals surface area contributed by atoms with Crippen molar-refractivity contribution in [3.63, 3.8) is 0 Å². The normalized spacial score (nSPS) is 33.8. The van der Waals surface area contributed by atoms with Crippen LogP contribution in [0.3, 0.4) is 0 Å². The highest BCUT2D eigenvalue weighted by Gasteiger charge is 2.47. The van der Waals surface area contributed by atoms with Gasteiger partial charge in [-0.25, -0.2) is 0 Å². The van der Waals surface area contributed by atoms with Crippen molar-refractivity contribution in [1.82, 2.24) is 0 Å². The number of non-ortho nitro benzene ring substituents is 1. The first-order valence-corrected chi connectivity index (χ1v) is 7.52. The number of thioether (sulfide) groups is 1.